The Morgan fingerprint density at radius 1 is 1.36 bits per heavy atom. The third kappa shape index (κ3) is 3.01. The maximum Gasteiger partial charge on any atom is 0.247 e. The van der Waals surface area contributed by atoms with Crippen molar-refractivity contribution in [1.29, 1.82) is 0 Å². The molecule has 1 amide bonds. The van der Waals surface area contributed by atoms with E-state index in [1.807, 2.05) is 11.8 Å². The molecule has 22 heavy (non-hydrogen) atoms. The predicted octanol–water partition coefficient (Wildman–Crippen LogP) is 0.408. The van der Waals surface area contributed by atoms with Crippen LogP contribution in [0.15, 0.2) is 12.7 Å². The molecule has 0 bridgehead atoms. The fourth-order valence-electron chi connectivity index (χ4n) is 3.55. The average molecular weight is 307 g/mol. The molecule has 0 spiro atoms. The molecule has 1 aromatic rings. The summed E-state index contributed by atoms with van der Waals surface area (Å²) in [4.78, 5) is 21.2. The Kier molecular flexibility index (Phi) is 4.73. The van der Waals surface area contributed by atoms with Crippen molar-refractivity contribution in [1.82, 2.24) is 24.6 Å². The van der Waals surface area contributed by atoms with Crippen molar-refractivity contribution in [3.05, 3.63) is 12.7 Å². The average Bonchev–Trinajstić information content (AvgIpc) is 3.23. The maximum atomic E-state index is 12.7. The third-order valence-corrected chi connectivity index (χ3v) is 4.95. The van der Waals surface area contributed by atoms with Crippen LogP contribution in [0.25, 0.3) is 0 Å². The second-order valence-corrected chi connectivity index (χ2v) is 6.18. The summed E-state index contributed by atoms with van der Waals surface area (Å²) in [5.74, 6) is 0.685. The molecule has 7 heteroatoms. The van der Waals surface area contributed by atoms with Crippen molar-refractivity contribution in [3.8, 4) is 0 Å². The molecule has 0 saturated carbocycles. The number of likely N-dealkylation sites (tertiary alicyclic amines) is 1. The maximum absolute atomic E-state index is 12.7. The normalized spacial score (nSPS) is 28.0. The fourth-order valence-corrected chi connectivity index (χ4v) is 3.55. The summed E-state index contributed by atoms with van der Waals surface area (Å²) in [5.41, 5.74) is 0. The van der Waals surface area contributed by atoms with Gasteiger partial charge in [-0.25, -0.2) is 9.67 Å². The largest absolute Gasteiger partial charge is 0.379 e. The summed E-state index contributed by atoms with van der Waals surface area (Å²) in [7, 11) is 0. The highest BCUT2D eigenvalue weighted by Crippen LogP contribution is 2.27. The van der Waals surface area contributed by atoms with E-state index in [-0.39, 0.29) is 11.9 Å². The number of amides is 1. The van der Waals surface area contributed by atoms with E-state index < -0.39 is 0 Å². The van der Waals surface area contributed by atoms with E-state index in [0.29, 0.717) is 12.0 Å². The summed E-state index contributed by atoms with van der Waals surface area (Å²) in [6, 6.07) is 0.171. The molecule has 0 N–H and O–H groups in total. The van der Waals surface area contributed by atoms with E-state index in [4.69, 9.17) is 4.74 Å². The van der Waals surface area contributed by atoms with Gasteiger partial charge < -0.3 is 9.64 Å². The monoisotopic (exact) mass is 307 g/mol. The minimum absolute atomic E-state index is 0.139. The molecule has 0 aliphatic carbocycles. The van der Waals surface area contributed by atoms with Crippen LogP contribution in [0.2, 0.25) is 0 Å². The minimum Gasteiger partial charge on any atom is -0.379 e. The molecule has 0 aromatic carbocycles. The lowest BCUT2D eigenvalue weighted by atomic mass is 9.99. The molecule has 0 unspecified atom stereocenters. The topological polar surface area (TPSA) is 63.5 Å². The summed E-state index contributed by atoms with van der Waals surface area (Å²) in [5, 5.41) is 4.09. The molecule has 1 aromatic heterocycles. The summed E-state index contributed by atoms with van der Waals surface area (Å²) in [6.07, 6.45) is 4.18. The van der Waals surface area contributed by atoms with E-state index in [1.54, 1.807) is 11.0 Å². The first-order chi connectivity index (χ1) is 10.7. The Morgan fingerprint density at radius 3 is 2.77 bits per heavy atom. The van der Waals surface area contributed by atoms with E-state index in [2.05, 4.69) is 21.9 Å². The summed E-state index contributed by atoms with van der Waals surface area (Å²) < 4.78 is 7.08. The SMILES string of the molecule is CC[C@@H]1CN(C(=O)[C@@H](C)n2cncn2)C[C@H]1N1CCOCC1. The van der Waals surface area contributed by atoms with Crippen LogP contribution in [0.5, 0.6) is 0 Å². The number of hydrogen-bond acceptors (Lipinski definition) is 5. The molecule has 3 heterocycles. The van der Waals surface area contributed by atoms with Crippen LogP contribution in [-0.4, -0.2) is 75.9 Å². The fraction of sp³-hybridized carbons (Fsp3) is 0.800. The lowest BCUT2D eigenvalue weighted by Crippen LogP contribution is -2.47. The Morgan fingerprint density at radius 2 is 2.14 bits per heavy atom. The quantitative estimate of drug-likeness (QED) is 0.806. The molecule has 122 valence electrons. The number of nitrogens with zero attached hydrogens (tertiary/aromatic N) is 5. The predicted molar refractivity (Wildman–Crippen MR) is 81.3 cm³/mol. The molecule has 2 aliphatic rings. The first-order valence-corrected chi connectivity index (χ1v) is 8.15. The number of carbonyl (C=O) groups excluding carboxylic acids is 1. The molecule has 2 saturated heterocycles. The van der Waals surface area contributed by atoms with Gasteiger partial charge in [-0.05, 0) is 12.8 Å². The third-order valence-electron chi connectivity index (χ3n) is 4.95. The van der Waals surface area contributed by atoms with E-state index in [1.165, 1.54) is 6.33 Å². The van der Waals surface area contributed by atoms with Crippen molar-refractivity contribution < 1.29 is 9.53 Å². The van der Waals surface area contributed by atoms with E-state index in [0.717, 1.165) is 45.8 Å². The Bertz CT molecular complexity index is 486. The van der Waals surface area contributed by atoms with E-state index >= 15 is 0 Å². The van der Waals surface area contributed by atoms with Crippen LogP contribution < -0.4 is 0 Å². The van der Waals surface area contributed by atoms with Gasteiger partial charge in [0.25, 0.3) is 0 Å². The van der Waals surface area contributed by atoms with Crippen LogP contribution in [0.4, 0.5) is 0 Å². The molecule has 7 nitrogen and oxygen atoms in total. The molecular formula is C15H25N5O2. The van der Waals surface area contributed by atoms with Gasteiger partial charge in [-0.3, -0.25) is 9.69 Å². The lowest BCUT2D eigenvalue weighted by Gasteiger charge is -2.34. The molecule has 2 aliphatic heterocycles. The number of rotatable bonds is 4. The van der Waals surface area contributed by atoms with Gasteiger partial charge in [0.05, 0.1) is 13.2 Å². The molecule has 3 atom stereocenters. The zero-order valence-electron chi connectivity index (χ0n) is 13.4. The van der Waals surface area contributed by atoms with Gasteiger partial charge >= 0.3 is 0 Å². The van der Waals surface area contributed by atoms with Crippen LogP contribution in [0.3, 0.4) is 0 Å². The zero-order valence-corrected chi connectivity index (χ0v) is 13.4. The number of aromatic nitrogens is 3. The van der Waals surface area contributed by atoms with Crippen LogP contribution in [0, 0.1) is 5.92 Å². The standard InChI is InChI=1S/C15H25N5O2/c1-3-13-8-19(9-14(13)18-4-6-22-7-5-18)15(21)12(2)20-11-16-10-17-20/h10-14H,3-9H2,1-2H3/t12-,13-,14-/m1/s1. The smallest absolute Gasteiger partial charge is 0.247 e. The van der Waals surface area contributed by atoms with Crippen LogP contribution in [0.1, 0.15) is 26.3 Å². The summed E-state index contributed by atoms with van der Waals surface area (Å²) >= 11 is 0. The van der Waals surface area contributed by atoms with Crippen molar-refractivity contribution >= 4 is 5.91 Å². The van der Waals surface area contributed by atoms with Crippen molar-refractivity contribution in [2.45, 2.75) is 32.4 Å². The zero-order chi connectivity index (χ0) is 15.5. The molecule has 0 radical (unpaired) electrons. The highest BCUT2D eigenvalue weighted by atomic mass is 16.5. The van der Waals surface area contributed by atoms with E-state index in [9.17, 15) is 4.79 Å². The second-order valence-electron chi connectivity index (χ2n) is 6.18. The molecular weight excluding hydrogens is 282 g/mol. The highest BCUT2D eigenvalue weighted by molar-refractivity contribution is 5.80. The number of morpholine rings is 1. The number of hydrogen-bond donors (Lipinski definition) is 0. The highest BCUT2D eigenvalue weighted by Gasteiger charge is 2.39. The van der Waals surface area contributed by atoms with Crippen LogP contribution >= 0.6 is 0 Å². The Hall–Kier alpha value is -1.47. The van der Waals surface area contributed by atoms with Crippen LogP contribution in [-0.2, 0) is 9.53 Å². The van der Waals surface area contributed by atoms with Gasteiger partial charge in [-0.2, -0.15) is 5.10 Å². The van der Waals surface area contributed by atoms with Gasteiger partial charge in [0.15, 0.2) is 0 Å². The summed E-state index contributed by atoms with van der Waals surface area (Å²) in [6.45, 7) is 9.32. The van der Waals surface area contributed by atoms with Gasteiger partial charge in [0.2, 0.25) is 5.91 Å². The molecule has 2 fully saturated rings. The lowest BCUT2D eigenvalue weighted by molar-refractivity contribution is -0.133. The number of ether oxygens (including phenoxy) is 1. The minimum atomic E-state index is -0.288. The van der Waals surface area contributed by atoms with Crippen molar-refractivity contribution in [2.75, 3.05) is 39.4 Å². The van der Waals surface area contributed by atoms with Gasteiger partial charge in [-0.1, -0.05) is 13.3 Å². The van der Waals surface area contributed by atoms with Gasteiger partial charge in [0.1, 0.15) is 18.7 Å². The van der Waals surface area contributed by atoms with Crippen molar-refractivity contribution in [3.63, 3.8) is 0 Å². The first-order valence-electron chi connectivity index (χ1n) is 8.15. The Labute approximate surface area is 131 Å². The van der Waals surface area contributed by atoms with Crippen molar-refractivity contribution in [2.24, 2.45) is 5.92 Å². The second kappa shape index (κ2) is 6.75. The van der Waals surface area contributed by atoms with Gasteiger partial charge in [0, 0.05) is 32.2 Å². The molecule has 3 rings (SSSR count). The first kappa shape index (κ1) is 15.4. The van der Waals surface area contributed by atoms with Gasteiger partial charge in [-0.15, -0.1) is 0 Å². The Balaban J connectivity index is 1.66. The number of carbonyl (C=O) groups is 1.